The molecule has 0 fully saturated rings. The van der Waals surface area contributed by atoms with E-state index < -0.39 is 6.61 Å². The van der Waals surface area contributed by atoms with Crippen molar-refractivity contribution in [3.63, 3.8) is 0 Å². The lowest BCUT2D eigenvalue weighted by Gasteiger charge is -2.16. The van der Waals surface area contributed by atoms with Gasteiger partial charge in [-0.05, 0) is 42.3 Å². The molecule has 140 valence electrons. The van der Waals surface area contributed by atoms with E-state index in [0.29, 0.717) is 17.7 Å². The maximum Gasteiger partial charge on any atom is 0.387 e. The zero-order valence-corrected chi connectivity index (χ0v) is 14.7. The van der Waals surface area contributed by atoms with Gasteiger partial charge in [0.1, 0.15) is 5.75 Å². The van der Waals surface area contributed by atoms with Crippen molar-refractivity contribution in [1.29, 1.82) is 0 Å². The number of nitrogens with zero attached hydrogens (tertiary/aromatic N) is 2. The first-order valence-corrected chi connectivity index (χ1v) is 8.41. The summed E-state index contributed by atoms with van der Waals surface area (Å²) in [5.41, 5.74) is 2.25. The second kappa shape index (κ2) is 8.44. The van der Waals surface area contributed by atoms with E-state index in [4.69, 9.17) is 0 Å². The van der Waals surface area contributed by atoms with Crippen LogP contribution in [0.4, 0.5) is 8.78 Å². The Balaban J connectivity index is 1.62. The minimum absolute atomic E-state index is 0.0625. The Morgan fingerprint density at radius 2 is 2.00 bits per heavy atom. The van der Waals surface area contributed by atoms with Crippen LogP contribution in [0.3, 0.4) is 0 Å². The van der Waals surface area contributed by atoms with Crippen molar-refractivity contribution in [3.8, 4) is 5.75 Å². The summed E-state index contributed by atoms with van der Waals surface area (Å²) < 4.78 is 31.0. The minimum atomic E-state index is -2.88. The molecule has 0 aliphatic heterocycles. The molecule has 0 radical (unpaired) electrons. The molecule has 3 aromatic rings. The average molecular weight is 371 g/mol. The number of ether oxygens (including phenoxy) is 1. The summed E-state index contributed by atoms with van der Waals surface area (Å²) in [5.74, 6) is -0.177. The number of carbonyl (C=O) groups excluding carboxylic acids is 1. The maximum absolute atomic E-state index is 12.4. The van der Waals surface area contributed by atoms with Crippen LogP contribution in [0.2, 0.25) is 0 Å². The second-order valence-electron chi connectivity index (χ2n) is 6.08. The molecule has 5 nitrogen and oxygen atoms in total. The number of imidazole rings is 1. The van der Waals surface area contributed by atoms with Crippen LogP contribution < -0.4 is 10.1 Å². The standard InChI is InChI=1S/C20H19F2N3O2/c1-14(17-3-2-4-18(11-17)27-20(21)22)24-19(26)16-7-5-15(6-8-16)12-25-10-9-23-13-25/h2-11,13-14,20H,12H2,1H3,(H,24,26). The second-order valence-corrected chi connectivity index (χ2v) is 6.08. The summed E-state index contributed by atoms with van der Waals surface area (Å²) in [6.45, 7) is -0.423. The SMILES string of the molecule is CC(NC(=O)c1ccc(Cn2ccnc2)cc1)c1cccc(OC(F)F)c1. The molecule has 1 aromatic heterocycles. The molecule has 1 heterocycles. The highest BCUT2D eigenvalue weighted by Crippen LogP contribution is 2.21. The van der Waals surface area contributed by atoms with Gasteiger partial charge in [0, 0.05) is 24.5 Å². The number of carbonyl (C=O) groups is 1. The van der Waals surface area contributed by atoms with Gasteiger partial charge in [-0.3, -0.25) is 4.79 Å². The monoisotopic (exact) mass is 371 g/mol. The van der Waals surface area contributed by atoms with Crippen LogP contribution in [0.5, 0.6) is 5.75 Å². The van der Waals surface area contributed by atoms with Gasteiger partial charge in [0.2, 0.25) is 0 Å². The van der Waals surface area contributed by atoms with Crippen LogP contribution in [-0.2, 0) is 6.54 Å². The Morgan fingerprint density at radius 1 is 1.22 bits per heavy atom. The van der Waals surface area contributed by atoms with E-state index in [1.54, 1.807) is 43.7 Å². The molecule has 27 heavy (non-hydrogen) atoms. The first-order chi connectivity index (χ1) is 13.0. The highest BCUT2D eigenvalue weighted by Gasteiger charge is 2.13. The molecular formula is C20H19F2N3O2. The third kappa shape index (κ3) is 5.13. The Kier molecular flexibility index (Phi) is 5.80. The predicted molar refractivity (Wildman–Crippen MR) is 96.7 cm³/mol. The highest BCUT2D eigenvalue weighted by molar-refractivity contribution is 5.94. The number of amides is 1. The molecule has 0 spiro atoms. The molecule has 1 unspecified atom stereocenters. The number of alkyl halides is 2. The van der Waals surface area contributed by atoms with E-state index in [0.717, 1.165) is 5.56 Å². The summed E-state index contributed by atoms with van der Waals surface area (Å²) in [6.07, 6.45) is 5.31. The fourth-order valence-corrected chi connectivity index (χ4v) is 2.68. The van der Waals surface area contributed by atoms with Crippen LogP contribution in [0, 0.1) is 0 Å². The molecule has 1 atom stereocenters. The summed E-state index contributed by atoms with van der Waals surface area (Å²) >= 11 is 0. The molecule has 7 heteroatoms. The Bertz CT molecular complexity index is 881. The molecule has 0 aliphatic rings. The lowest BCUT2D eigenvalue weighted by atomic mass is 10.1. The summed E-state index contributed by atoms with van der Waals surface area (Å²) in [6, 6.07) is 13.2. The summed E-state index contributed by atoms with van der Waals surface area (Å²) in [4.78, 5) is 16.4. The Hall–Kier alpha value is -3.22. The van der Waals surface area contributed by atoms with Gasteiger partial charge in [-0.25, -0.2) is 4.98 Å². The number of hydrogen-bond acceptors (Lipinski definition) is 3. The third-order valence-electron chi connectivity index (χ3n) is 4.07. The first-order valence-electron chi connectivity index (χ1n) is 8.41. The third-order valence-corrected chi connectivity index (χ3v) is 4.07. The van der Waals surface area contributed by atoms with Crippen LogP contribution in [0.15, 0.2) is 67.3 Å². The molecule has 3 rings (SSSR count). The molecule has 2 aromatic carbocycles. The Labute approximate surface area is 155 Å². The number of halogens is 2. The van der Waals surface area contributed by atoms with Crippen LogP contribution in [0.1, 0.15) is 34.5 Å². The first kappa shape index (κ1) is 18.6. The van der Waals surface area contributed by atoms with Gasteiger partial charge in [0.05, 0.1) is 12.4 Å². The highest BCUT2D eigenvalue weighted by atomic mass is 19.3. The topological polar surface area (TPSA) is 56.2 Å². The lowest BCUT2D eigenvalue weighted by Crippen LogP contribution is -2.26. The largest absolute Gasteiger partial charge is 0.435 e. The maximum atomic E-state index is 12.4. The lowest BCUT2D eigenvalue weighted by molar-refractivity contribution is -0.0499. The van der Waals surface area contributed by atoms with Crippen LogP contribution in [-0.4, -0.2) is 22.1 Å². The minimum Gasteiger partial charge on any atom is -0.435 e. The normalized spacial score (nSPS) is 12.0. The van der Waals surface area contributed by atoms with E-state index in [1.165, 1.54) is 12.1 Å². The van der Waals surface area contributed by atoms with Gasteiger partial charge in [-0.1, -0.05) is 24.3 Å². The average Bonchev–Trinajstić information content (AvgIpc) is 3.15. The van der Waals surface area contributed by atoms with Crippen LogP contribution in [0.25, 0.3) is 0 Å². The smallest absolute Gasteiger partial charge is 0.387 e. The van der Waals surface area contributed by atoms with E-state index in [1.807, 2.05) is 22.9 Å². The number of rotatable bonds is 7. The fourth-order valence-electron chi connectivity index (χ4n) is 2.68. The van der Waals surface area contributed by atoms with Crippen molar-refractivity contribution in [1.82, 2.24) is 14.9 Å². The van der Waals surface area contributed by atoms with Gasteiger partial charge < -0.3 is 14.6 Å². The molecule has 0 bridgehead atoms. The van der Waals surface area contributed by atoms with Gasteiger partial charge in [0.25, 0.3) is 5.91 Å². The van der Waals surface area contributed by atoms with E-state index in [9.17, 15) is 13.6 Å². The molecule has 0 aliphatic carbocycles. The van der Waals surface area contributed by atoms with Crippen LogP contribution >= 0.6 is 0 Å². The molecule has 1 N–H and O–H groups in total. The van der Waals surface area contributed by atoms with Crippen molar-refractivity contribution in [2.24, 2.45) is 0 Å². The zero-order valence-electron chi connectivity index (χ0n) is 14.7. The van der Waals surface area contributed by atoms with E-state index in [-0.39, 0.29) is 17.7 Å². The summed E-state index contributed by atoms with van der Waals surface area (Å²) in [5, 5.41) is 2.86. The van der Waals surface area contributed by atoms with Gasteiger partial charge in [-0.15, -0.1) is 0 Å². The van der Waals surface area contributed by atoms with Gasteiger partial charge in [0.15, 0.2) is 0 Å². The molecule has 0 saturated heterocycles. The van der Waals surface area contributed by atoms with Crippen molar-refractivity contribution in [3.05, 3.63) is 83.9 Å². The van der Waals surface area contributed by atoms with Crippen molar-refractivity contribution >= 4 is 5.91 Å². The number of nitrogens with one attached hydrogen (secondary N) is 1. The van der Waals surface area contributed by atoms with Gasteiger partial charge in [-0.2, -0.15) is 8.78 Å². The summed E-state index contributed by atoms with van der Waals surface area (Å²) in [7, 11) is 0. The van der Waals surface area contributed by atoms with Crippen molar-refractivity contribution < 1.29 is 18.3 Å². The number of hydrogen-bond donors (Lipinski definition) is 1. The zero-order chi connectivity index (χ0) is 19.2. The van der Waals surface area contributed by atoms with Crippen molar-refractivity contribution in [2.45, 2.75) is 26.1 Å². The fraction of sp³-hybridized carbons (Fsp3) is 0.200. The Morgan fingerprint density at radius 3 is 2.67 bits per heavy atom. The number of benzene rings is 2. The molecule has 0 saturated carbocycles. The quantitative estimate of drug-likeness (QED) is 0.682. The predicted octanol–water partition coefficient (Wildman–Crippen LogP) is 4.02. The van der Waals surface area contributed by atoms with E-state index >= 15 is 0 Å². The van der Waals surface area contributed by atoms with Gasteiger partial charge >= 0.3 is 6.61 Å². The number of aromatic nitrogens is 2. The molecule has 1 amide bonds. The van der Waals surface area contributed by atoms with Crippen molar-refractivity contribution in [2.75, 3.05) is 0 Å². The van der Waals surface area contributed by atoms with E-state index in [2.05, 4.69) is 15.0 Å². The molecular weight excluding hydrogens is 352 g/mol.